The van der Waals surface area contributed by atoms with Crippen molar-refractivity contribution in [3.8, 4) is 0 Å². The van der Waals surface area contributed by atoms with Crippen LogP contribution in [0.1, 0.15) is 47.5 Å². The van der Waals surface area contributed by atoms with Gasteiger partial charge < -0.3 is 9.47 Å². The van der Waals surface area contributed by atoms with Gasteiger partial charge in [-0.2, -0.15) is 0 Å². The van der Waals surface area contributed by atoms with Crippen LogP contribution >= 0.6 is 0 Å². The van der Waals surface area contributed by atoms with Crippen molar-refractivity contribution in [3.05, 3.63) is 0 Å². The Morgan fingerprint density at radius 1 is 1.05 bits per heavy atom. The van der Waals surface area contributed by atoms with Crippen LogP contribution in [-0.4, -0.2) is 35.3 Å². The number of carbonyl (C=O) groups is 4. The van der Waals surface area contributed by atoms with Gasteiger partial charge in [-0.15, -0.1) is 0 Å². The minimum Gasteiger partial charge on any atom is -0.424 e. The van der Waals surface area contributed by atoms with Gasteiger partial charge in [0.25, 0.3) is 18.1 Å². The average Bonchev–Trinajstić information content (AvgIpc) is 2.68. The van der Waals surface area contributed by atoms with Crippen molar-refractivity contribution in [3.63, 3.8) is 0 Å². The van der Waals surface area contributed by atoms with Crippen molar-refractivity contribution < 1.29 is 33.5 Å². The van der Waals surface area contributed by atoms with Gasteiger partial charge in [-0.05, 0) is 20.8 Å². The highest BCUT2D eigenvalue weighted by Crippen LogP contribution is 2.20. The molecule has 0 aliphatic carbocycles. The number of hydroxylamine groups is 2. The SMILES string of the molecule is CC(C)C(OC(=O)ON1C(=O)CCC1=O)OC(=O)C(C)(C)C. The summed E-state index contributed by atoms with van der Waals surface area (Å²) < 4.78 is 10.0. The number of imide groups is 1. The Bertz CT molecular complexity index is 462. The summed E-state index contributed by atoms with van der Waals surface area (Å²) in [6.45, 7) is 8.34. The van der Waals surface area contributed by atoms with Gasteiger partial charge in [0.05, 0.1) is 5.41 Å². The van der Waals surface area contributed by atoms with E-state index in [1.807, 2.05) is 0 Å². The third kappa shape index (κ3) is 4.71. The summed E-state index contributed by atoms with van der Waals surface area (Å²) in [5, 5.41) is 0.366. The molecule has 1 aliphatic heterocycles. The fraction of sp³-hybridized carbons (Fsp3) is 0.714. The number of carbonyl (C=O) groups excluding carboxylic acids is 4. The van der Waals surface area contributed by atoms with E-state index in [4.69, 9.17) is 9.47 Å². The molecule has 0 bridgehead atoms. The van der Waals surface area contributed by atoms with Crippen LogP contribution in [0.4, 0.5) is 4.79 Å². The minimum absolute atomic E-state index is 0.0151. The molecule has 1 aliphatic rings. The Hall–Kier alpha value is -2.12. The van der Waals surface area contributed by atoms with Gasteiger partial charge in [0.2, 0.25) is 0 Å². The molecular weight excluding hydrogens is 294 g/mol. The predicted molar refractivity (Wildman–Crippen MR) is 72.8 cm³/mol. The molecule has 22 heavy (non-hydrogen) atoms. The van der Waals surface area contributed by atoms with Crippen LogP contribution in [0.15, 0.2) is 0 Å². The van der Waals surface area contributed by atoms with Crippen molar-refractivity contribution >= 4 is 23.9 Å². The summed E-state index contributed by atoms with van der Waals surface area (Å²) in [5.74, 6) is -2.11. The van der Waals surface area contributed by atoms with Crippen LogP contribution in [0.2, 0.25) is 0 Å². The lowest BCUT2D eigenvalue weighted by Crippen LogP contribution is -2.37. The van der Waals surface area contributed by atoms with Gasteiger partial charge in [0, 0.05) is 18.8 Å². The van der Waals surface area contributed by atoms with Gasteiger partial charge in [-0.3, -0.25) is 19.2 Å². The molecule has 1 unspecified atom stereocenters. The van der Waals surface area contributed by atoms with E-state index in [0.29, 0.717) is 5.06 Å². The van der Waals surface area contributed by atoms with Gasteiger partial charge in [-0.25, -0.2) is 4.79 Å². The fourth-order valence-corrected chi connectivity index (χ4v) is 1.43. The number of amides is 2. The van der Waals surface area contributed by atoms with E-state index in [9.17, 15) is 19.2 Å². The molecular formula is C14H21NO7. The first-order valence-corrected chi connectivity index (χ1v) is 6.98. The Morgan fingerprint density at radius 3 is 1.95 bits per heavy atom. The van der Waals surface area contributed by atoms with E-state index < -0.39 is 35.6 Å². The van der Waals surface area contributed by atoms with Crippen LogP contribution in [-0.2, 0) is 28.7 Å². The van der Waals surface area contributed by atoms with Gasteiger partial charge in [0.1, 0.15) is 0 Å². The molecule has 1 atom stereocenters. The number of rotatable bonds is 4. The first-order chi connectivity index (χ1) is 10.0. The number of hydrogen-bond donors (Lipinski definition) is 0. The third-order valence-corrected chi connectivity index (χ3v) is 2.76. The molecule has 1 saturated heterocycles. The van der Waals surface area contributed by atoms with Crippen LogP contribution in [0, 0.1) is 11.3 Å². The van der Waals surface area contributed by atoms with Crippen molar-refractivity contribution in [1.29, 1.82) is 0 Å². The largest absolute Gasteiger partial charge is 0.537 e. The zero-order chi connectivity index (χ0) is 17.1. The highest BCUT2D eigenvalue weighted by atomic mass is 16.9. The summed E-state index contributed by atoms with van der Waals surface area (Å²) >= 11 is 0. The van der Waals surface area contributed by atoms with Crippen LogP contribution in [0.3, 0.4) is 0 Å². The molecule has 0 N–H and O–H groups in total. The second-order valence-electron chi connectivity index (χ2n) is 6.31. The van der Waals surface area contributed by atoms with Gasteiger partial charge >= 0.3 is 12.1 Å². The Morgan fingerprint density at radius 2 is 1.55 bits per heavy atom. The lowest BCUT2D eigenvalue weighted by Gasteiger charge is -2.25. The van der Waals surface area contributed by atoms with Crippen molar-refractivity contribution in [2.24, 2.45) is 11.3 Å². The van der Waals surface area contributed by atoms with Gasteiger partial charge in [0.15, 0.2) is 0 Å². The number of nitrogens with zero attached hydrogens (tertiary/aromatic N) is 1. The first-order valence-electron chi connectivity index (χ1n) is 6.98. The minimum atomic E-state index is -1.27. The quantitative estimate of drug-likeness (QED) is 0.443. The fourth-order valence-electron chi connectivity index (χ4n) is 1.43. The summed E-state index contributed by atoms with van der Waals surface area (Å²) in [5.41, 5.74) is -0.763. The second kappa shape index (κ2) is 6.76. The number of hydrogen-bond acceptors (Lipinski definition) is 7. The molecule has 8 heteroatoms. The highest BCUT2D eigenvalue weighted by molar-refractivity contribution is 6.01. The molecule has 124 valence electrons. The zero-order valence-electron chi connectivity index (χ0n) is 13.4. The second-order valence-corrected chi connectivity index (χ2v) is 6.31. The normalized spacial score (nSPS) is 16.7. The molecule has 2 amide bonds. The molecule has 1 rings (SSSR count). The summed E-state index contributed by atoms with van der Waals surface area (Å²) in [6, 6.07) is 0. The van der Waals surface area contributed by atoms with E-state index in [2.05, 4.69) is 4.84 Å². The van der Waals surface area contributed by atoms with E-state index in [1.165, 1.54) is 0 Å². The Balaban J connectivity index is 2.63. The maximum absolute atomic E-state index is 11.8. The molecule has 0 saturated carbocycles. The van der Waals surface area contributed by atoms with Crippen LogP contribution < -0.4 is 0 Å². The lowest BCUT2D eigenvalue weighted by molar-refractivity contribution is -0.203. The number of ether oxygens (including phenoxy) is 2. The molecule has 0 aromatic heterocycles. The van der Waals surface area contributed by atoms with E-state index in [-0.39, 0.29) is 18.8 Å². The molecule has 8 nitrogen and oxygen atoms in total. The van der Waals surface area contributed by atoms with Crippen molar-refractivity contribution in [1.82, 2.24) is 5.06 Å². The monoisotopic (exact) mass is 315 g/mol. The van der Waals surface area contributed by atoms with Crippen LogP contribution in [0.25, 0.3) is 0 Å². The first kappa shape index (κ1) is 17.9. The maximum Gasteiger partial charge on any atom is 0.537 e. The molecule has 0 spiro atoms. The molecule has 1 heterocycles. The van der Waals surface area contributed by atoms with Gasteiger partial charge in [-0.1, -0.05) is 18.9 Å². The average molecular weight is 315 g/mol. The molecule has 0 aromatic rings. The van der Waals surface area contributed by atoms with E-state index in [1.54, 1.807) is 34.6 Å². The Labute approximate surface area is 128 Å². The van der Waals surface area contributed by atoms with E-state index in [0.717, 1.165) is 0 Å². The van der Waals surface area contributed by atoms with E-state index >= 15 is 0 Å². The highest BCUT2D eigenvalue weighted by Gasteiger charge is 2.35. The topological polar surface area (TPSA) is 99.2 Å². The summed E-state index contributed by atoms with van der Waals surface area (Å²) in [4.78, 5) is 50.7. The summed E-state index contributed by atoms with van der Waals surface area (Å²) in [6.07, 6.45) is -2.48. The predicted octanol–water partition coefficient (Wildman–Crippen LogP) is 1.77. The van der Waals surface area contributed by atoms with Crippen molar-refractivity contribution in [2.75, 3.05) is 0 Å². The molecule has 0 aromatic carbocycles. The molecule has 0 radical (unpaired) electrons. The smallest absolute Gasteiger partial charge is 0.424 e. The van der Waals surface area contributed by atoms with Crippen LogP contribution in [0.5, 0.6) is 0 Å². The summed E-state index contributed by atoms with van der Waals surface area (Å²) in [7, 11) is 0. The third-order valence-electron chi connectivity index (χ3n) is 2.76. The standard InChI is InChI=1S/C14H21NO7/c1-8(2)11(20-12(18)14(3,4)5)21-13(19)22-15-9(16)6-7-10(15)17/h8,11H,6-7H2,1-5H3. The zero-order valence-corrected chi connectivity index (χ0v) is 13.4. The number of esters is 1. The maximum atomic E-state index is 11.8. The lowest BCUT2D eigenvalue weighted by atomic mass is 9.97. The molecule has 1 fully saturated rings. The Kier molecular flexibility index (Phi) is 5.51. The van der Waals surface area contributed by atoms with Crippen molar-refractivity contribution in [2.45, 2.75) is 53.8 Å².